The van der Waals surface area contributed by atoms with Gasteiger partial charge in [-0.2, -0.15) is 10.2 Å². The lowest BCUT2D eigenvalue weighted by molar-refractivity contribution is 0.0787. The molecule has 2 aromatic heterocycles. The number of hydrogen-bond donors (Lipinski definition) is 2. The second-order valence-corrected chi connectivity index (χ2v) is 7.61. The molecule has 0 atom stereocenters. The average molecular weight is 341 g/mol. The maximum atomic E-state index is 10.3. The van der Waals surface area contributed by atoms with Crippen molar-refractivity contribution < 1.29 is 5.11 Å². The van der Waals surface area contributed by atoms with Crippen molar-refractivity contribution >= 4 is 22.4 Å². The van der Waals surface area contributed by atoms with E-state index in [1.165, 1.54) is 0 Å². The number of anilines is 2. The van der Waals surface area contributed by atoms with Crippen molar-refractivity contribution in [1.82, 2.24) is 19.6 Å². The van der Waals surface area contributed by atoms with Crippen LogP contribution < -0.4 is 5.32 Å². The Balaban J connectivity index is 2.00. The maximum Gasteiger partial charge on any atom is 0.160 e. The van der Waals surface area contributed by atoms with Crippen LogP contribution in [0.1, 0.15) is 39.0 Å². The third kappa shape index (κ3) is 3.39. The Hall–Kier alpha value is -2.34. The van der Waals surface area contributed by atoms with E-state index in [0.717, 1.165) is 40.2 Å². The third-order valence-corrected chi connectivity index (χ3v) is 4.45. The summed E-state index contributed by atoms with van der Waals surface area (Å²) < 4.78 is 3.86. The Bertz CT molecular complexity index is 899. The van der Waals surface area contributed by atoms with Gasteiger partial charge in [0.1, 0.15) is 0 Å². The van der Waals surface area contributed by atoms with Gasteiger partial charge in [-0.05, 0) is 44.4 Å². The molecule has 134 valence electrons. The van der Waals surface area contributed by atoms with Crippen molar-refractivity contribution in [3.8, 4) is 0 Å². The predicted octanol–water partition coefficient (Wildman–Crippen LogP) is 3.71. The van der Waals surface area contributed by atoms with E-state index >= 15 is 0 Å². The molecule has 0 unspecified atom stereocenters. The van der Waals surface area contributed by atoms with Crippen molar-refractivity contribution in [3.05, 3.63) is 35.7 Å². The molecule has 6 nitrogen and oxygen atoms in total. The van der Waals surface area contributed by atoms with Gasteiger partial charge in [-0.25, -0.2) is 0 Å². The van der Waals surface area contributed by atoms with Gasteiger partial charge in [-0.3, -0.25) is 9.36 Å². The first-order valence-corrected chi connectivity index (χ1v) is 8.66. The summed E-state index contributed by atoms with van der Waals surface area (Å²) >= 11 is 0. The van der Waals surface area contributed by atoms with Crippen LogP contribution in [0, 0.1) is 12.8 Å². The molecular weight excluding hydrogens is 314 g/mol. The van der Waals surface area contributed by atoms with Crippen molar-refractivity contribution in [2.24, 2.45) is 13.0 Å². The number of fused-ring (bicyclic) bond motifs is 1. The van der Waals surface area contributed by atoms with E-state index < -0.39 is 5.60 Å². The van der Waals surface area contributed by atoms with Gasteiger partial charge in [0.05, 0.1) is 28.7 Å². The summed E-state index contributed by atoms with van der Waals surface area (Å²) in [7, 11) is 1.92. The Morgan fingerprint density at radius 1 is 1.28 bits per heavy atom. The van der Waals surface area contributed by atoms with Crippen molar-refractivity contribution in [1.29, 1.82) is 0 Å². The highest BCUT2D eigenvalue weighted by Gasteiger charge is 2.19. The lowest BCUT2D eigenvalue weighted by atomic mass is 9.97. The van der Waals surface area contributed by atoms with E-state index in [1.807, 2.05) is 40.8 Å². The molecule has 0 aliphatic heterocycles. The topological polar surface area (TPSA) is 67.9 Å². The van der Waals surface area contributed by atoms with E-state index in [4.69, 9.17) is 0 Å². The highest BCUT2D eigenvalue weighted by atomic mass is 16.3. The molecule has 0 fully saturated rings. The number of hydrogen-bond acceptors (Lipinski definition) is 4. The van der Waals surface area contributed by atoms with Gasteiger partial charge in [0.25, 0.3) is 0 Å². The Kier molecular flexibility index (Phi) is 4.33. The molecule has 0 amide bonds. The molecule has 0 saturated carbocycles. The number of rotatable bonds is 5. The molecule has 3 aromatic rings. The van der Waals surface area contributed by atoms with Crippen molar-refractivity contribution in [2.45, 2.75) is 46.8 Å². The smallest absolute Gasteiger partial charge is 0.160 e. The number of benzene rings is 1. The van der Waals surface area contributed by atoms with E-state index in [9.17, 15) is 5.11 Å². The van der Waals surface area contributed by atoms with E-state index in [0.29, 0.717) is 5.92 Å². The molecule has 6 heteroatoms. The van der Waals surface area contributed by atoms with Crippen LogP contribution in [0.3, 0.4) is 0 Å². The van der Waals surface area contributed by atoms with Crippen LogP contribution in [0.5, 0.6) is 0 Å². The lowest BCUT2D eigenvalue weighted by Gasteiger charge is -2.17. The fourth-order valence-corrected chi connectivity index (χ4v) is 2.97. The molecule has 25 heavy (non-hydrogen) atoms. The fraction of sp³-hybridized carbons (Fsp3) is 0.474. The largest absolute Gasteiger partial charge is 0.386 e. The number of nitrogens with zero attached hydrogens (tertiary/aromatic N) is 4. The normalized spacial score (nSPS) is 12.3. The maximum absolute atomic E-state index is 10.3. The minimum atomic E-state index is -0.890. The summed E-state index contributed by atoms with van der Waals surface area (Å²) in [4.78, 5) is 0. The van der Waals surface area contributed by atoms with Gasteiger partial charge in [-0.15, -0.1) is 0 Å². The molecule has 0 aliphatic carbocycles. The number of aromatic nitrogens is 4. The molecule has 0 spiro atoms. The van der Waals surface area contributed by atoms with E-state index in [2.05, 4.69) is 36.3 Å². The van der Waals surface area contributed by atoms with Gasteiger partial charge in [0.15, 0.2) is 5.82 Å². The lowest BCUT2D eigenvalue weighted by Crippen LogP contribution is -2.15. The van der Waals surface area contributed by atoms with Gasteiger partial charge in [-0.1, -0.05) is 19.9 Å². The summed E-state index contributed by atoms with van der Waals surface area (Å²) in [5.41, 5.74) is 3.03. The zero-order valence-corrected chi connectivity index (χ0v) is 15.8. The van der Waals surface area contributed by atoms with Crippen LogP contribution in [0.25, 0.3) is 10.9 Å². The average Bonchev–Trinajstić information content (AvgIpc) is 3.01. The molecular formula is C19H27N5O. The minimum absolute atomic E-state index is 0.538. The van der Waals surface area contributed by atoms with E-state index in [-0.39, 0.29) is 0 Å². The Morgan fingerprint density at radius 3 is 2.64 bits per heavy atom. The number of aliphatic hydroxyl groups is 1. The first-order chi connectivity index (χ1) is 11.7. The van der Waals surface area contributed by atoms with Crippen LogP contribution in [-0.4, -0.2) is 24.7 Å². The zero-order chi connectivity index (χ0) is 18.4. The van der Waals surface area contributed by atoms with Crippen LogP contribution in [-0.2, 0) is 19.2 Å². The van der Waals surface area contributed by atoms with Gasteiger partial charge in [0, 0.05) is 19.0 Å². The van der Waals surface area contributed by atoms with Crippen molar-refractivity contribution in [3.63, 3.8) is 0 Å². The summed E-state index contributed by atoms with van der Waals surface area (Å²) in [6.07, 6.45) is 1.85. The molecule has 0 aliphatic rings. The Morgan fingerprint density at radius 2 is 2.00 bits per heavy atom. The second kappa shape index (κ2) is 6.19. The summed E-state index contributed by atoms with van der Waals surface area (Å²) in [6.45, 7) is 10.9. The first kappa shape index (κ1) is 17.5. The first-order valence-electron chi connectivity index (χ1n) is 8.66. The van der Waals surface area contributed by atoms with Gasteiger partial charge < -0.3 is 10.4 Å². The fourth-order valence-electron chi connectivity index (χ4n) is 2.97. The Labute approximate surface area is 148 Å². The molecule has 0 bridgehead atoms. The monoisotopic (exact) mass is 341 g/mol. The molecule has 2 N–H and O–H groups in total. The summed E-state index contributed by atoms with van der Waals surface area (Å²) in [5, 5.41) is 23.8. The van der Waals surface area contributed by atoms with Crippen LogP contribution in [0.15, 0.2) is 24.4 Å². The van der Waals surface area contributed by atoms with Gasteiger partial charge in [0.2, 0.25) is 0 Å². The summed E-state index contributed by atoms with van der Waals surface area (Å²) in [5.74, 6) is 1.31. The van der Waals surface area contributed by atoms with Gasteiger partial charge >= 0.3 is 0 Å². The number of aryl methyl sites for hydroxylation is 1. The van der Waals surface area contributed by atoms with Crippen LogP contribution in [0.4, 0.5) is 11.5 Å². The zero-order valence-electron chi connectivity index (χ0n) is 15.8. The molecule has 3 rings (SSSR count). The standard InChI is InChI=1S/C19H27N5O/c1-12(2)11-24-13(3)16(10-20-24)21-18-15-9-14(19(4,5)25)7-8-17(15)23(6)22-18/h7-10,12,25H,11H2,1-6H3,(H,21,22). The third-order valence-electron chi connectivity index (χ3n) is 4.45. The molecule has 1 aromatic carbocycles. The second-order valence-electron chi connectivity index (χ2n) is 7.61. The minimum Gasteiger partial charge on any atom is -0.386 e. The quantitative estimate of drug-likeness (QED) is 0.742. The summed E-state index contributed by atoms with van der Waals surface area (Å²) in [6, 6.07) is 5.94. The highest BCUT2D eigenvalue weighted by Crippen LogP contribution is 2.30. The van der Waals surface area contributed by atoms with E-state index in [1.54, 1.807) is 13.8 Å². The predicted molar refractivity (Wildman–Crippen MR) is 101 cm³/mol. The van der Waals surface area contributed by atoms with Crippen molar-refractivity contribution in [2.75, 3.05) is 5.32 Å². The van der Waals surface area contributed by atoms with Crippen LogP contribution >= 0.6 is 0 Å². The number of nitrogens with one attached hydrogen (secondary N) is 1. The molecule has 2 heterocycles. The molecule has 0 saturated heterocycles. The SMILES string of the molecule is Cc1c(Nc2nn(C)c3ccc(C(C)(C)O)cc23)cnn1CC(C)C. The highest BCUT2D eigenvalue weighted by molar-refractivity contribution is 5.92. The van der Waals surface area contributed by atoms with Crippen LogP contribution in [0.2, 0.25) is 0 Å². The molecule has 0 radical (unpaired) electrons.